The van der Waals surface area contributed by atoms with Gasteiger partial charge in [0.2, 0.25) is 17.7 Å². The minimum Gasteiger partial charge on any atom is -0.374 e. The normalized spacial score (nSPS) is 21.0. The molecule has 4 rings (SSSR count). The highest BCUT2D eigenvalue weighted by molar-refractivity contribution is 5.93. The number of nitrogens with two attached hydrogens (primary N) is 1. The summed E-state index contributed by atoms with van der Waals surface area (Å²) in [5.41, 5.74) is 5.99. The van der Waals surface area contributed by atoms with Crippen molar-refractivity contribution in [2.24, 2.45) is 5.73 Å². The maximum absolute atomic E-state index is 13.8. The first-order valence-corrected chi connectivity index (χ1v) is 12.6. The van der Waals surface area contributed by atoms with Crippen LogP contribution in [0.4, 0.5) is 0 Å². The van der Waals surface area contributed by atoms with Crippen LogP contribution in [0.5, 0.6) is 0 Å². The van der Waals surface area contributed by atoms with E-state index in [1.54, 1.807) is 30.7 Å². The first kappa shape index (κ1) is 26.8. The van der Waals surface area contributed by atoms with Crippen LogP contribution in [0.15, 0.2) is 60.7 Å². The van der Waals surface area contributed by atoms with E-state index in [0.29, 0.717) is 32.8 Å². The summed E-state index contributed by atoms with van der Waals surface area (Å²) >= 11 is 0. The van der Waals surface area contributed by atoms with E-state index >= 15 is 0 Å². The largest absolute Gasteiger partial charge is 0.374 e. The molecule has 0 radical (unpaired) electrons. The van der Waals surface area contributed by atoms with Gasteiger partial charge < -0.3 is 25.6 Å². The molecule has 0 saturated carbocycles. The molecule has 3 amide bonds. The number of ether oxygens (including phenoxy) is 1. The van der Waals surface area contributed by atoms with Crippen molar-refractivity contribution >= 4 is 17.7 Å². The van der Waals surface area contributed by atoms with Gasteiger partial charge in [0, 0.05) is 33.1 Å². The molecule has 2 aromatic carbocycles. The smallest absolute Gasteiger partial charge is 0.247 e. The van der Waals surface area contributed by atoms with Gasteiger partial charge in [-0.2, -0.15) is 0 Å². The quantitative estimate of drug-likeness (QED) is 0.524. The molecule has 2 fully saturated rings. The Kier molecular flexibility index (Phi) is 7.96. The van der Waals surface area contributed by atoms with E-state index < -0.39 is 23.0 Å². The second kappa shape index (κ2) is 11.0. The number of fused-ring (bicyclic) bond motifs is 1. The predicted octanol–water partition coefficient (Wildman–Crippen LogP) is 0.981. The molecule has 0 bridgehead atoms. The fourth-order valence-electron chi connectivity index (χ4n) is 5.01. The fourth-order valence-corrected chi connectivity index (χ4v) is 5.01. The van der Waals surface area contributed by atoms with Crippen molar-refractivity contribution in [1.82, 2.24) is 20.0 Å². The van der Waals surface area contributed by atoms with Crippen molar-refractivity contribution < 1.29 is 19.1 Å². The lowest BCUT2D eigenvalue weighted by molar-refractivity contribution is -0.146. The van der Waals surface area contributed by atoms with Gasteiger partial charge in [-0.05, 0) is 25.0 Å². The Hall–Kier alpha value is -3.27. The van der Waals surface area contributed by atoms with E-state index in [2.05, 4.69) is 10.2 Å². The first-order valence-electron chi connectivity index (χ1n) is 12.6. The second-order valence-electron chi connectivity index (χ2n) is 10.6. The molecule has 0 spiro atoms. The van der Waals surface area contributed by atoms with Gasteiger partial charge >= 0.3 is 0 Å². The minimum absolute atomic E-state index is 0.00198. The van der Waals surface area contributed by atoms with Crippen molar-refractivity contribution in [2.75, 3.05) is 40.0 Å². The van der Waals surface area contributed by atoms with Gasteiger partial charge in [0.1, 0.15) is 11.6 Å². The van der Waals surface area contributed by atoms with Crippen molar-refractivity contribution in [3.8, 4) is 0 Å². The molecule has 37 heavy (non-hydrogen) atoms. The van der Waals surface area contributed by atoms with E-state index in [9.17, 15) is 14.4 Å². The summed E-state index contributed by atoms with van der Waals surface area (Å²) in [7, 11) is 1.79. The number of hydrogen-bond acceptors (Lipinski definition) is 6. The van der Waals surface area contributed by atoms with Crippen LogP contribution in [0.3, 0.4) is 0 Å². The van der Waals surface area contributed by atoms with Crippen molar-refractivity contribution in [2.45, 2.75) is 44.0 Å². The van der Waals surface area contributed by atoms with Crippen molar-refractivity contribution in [3.05, 3.63) is 71.8 Å². The summed E-state index contributed by atoms with van der Waals surface area (Å²) in [6.07, 6.45) is 0.498. The van der Waals surface area contributed by atoms with Crippen LogP contribution in [0.1, 0.15) is 25.0 Å². The Morgan fingerprint density at radius 1 is 1.05 bits per heavy atom. The maximum atomic E-state index is 13.8. The minimum atomic E-state index is -1.16. The second-order valence-corrected chi connectivity index (χ2v) is 10.6. The van der Waals surface area contributed by atoms with Gasteiger partial charge in [0.25, 0.3) is 0 Å². The molecule has 2 aromatic rings. The number of amides is 3. The predicted molar refractivity (Wildman–Crippen MR) is 140 cm³/mol. The number of nitrogens with zero attached hydrogens (tertiary/aromatic N) is 3. The van der Waals surface area contributed by atoms with Crippen LogP contribution in [-0.2, 0) is 32.1 Å². The third-order valence-corrected chi connectivity index (χ3v) is 7.06. The zero-order valence-electron chi connectivity index (χ0n) is 21.9. The lowest BCUT2D eigenvalue weighted by atomic mass is 9.86. The number of hydrogen-bond donors (Lipinski definition) is 2. The van der Waals surface area contributed by atoms with Gasteiger partial charge in [0.15, 0.2) is 0 Å². The van der Waals surface area contributed by atoms with Gasteiger partial charge in [-0.3, -0.25) is 19.3 Å². The van der Waals surface area contributed by atoms with E-state index in [1.165, 1.54) is 0 Å². The Morgan fingerprint density at radius 3 is 2.30 bits per heavy atom. The van der Waals surface area contributed by atoms with Gasteiger partial charge in [-0.15, -0.1) is 0 Å². The van der Waals surface area contributed by atoms with Gasteiger partial charge in [-0.25, -0.2) is 0 Å². The summed E-state index contributed by atoms with van der Waals surface area (Å²) < 4.78 is 5.86. The molecule has 2 heterocycles. The average molecular weight is 508 g/mol. The zero-order valence-corrected chi connectivity index (χ0v) is 21.9. The molecular formula is C28H37N5O4. The number of carbonyl (C=O) groups excluding carboxylic acids is 3. The van der Waals surface area contributed by atoms with Crippen LogP contribution < -0.4 is 11.1 Å². The van der Waals surface area contributed by atoms with Crippen LogP contribution >= 0.6 is 0 Å². The highest BCUT2D eigenvalue weighted by Gasteiger charge is 2.55. The number of rotatable bonds is 9. The molecule has 3 N–H and O–H groups in total. The molecule has 198 valence electrons. The summed E-state index contributed by atoms with van der Waals surface area (Å²) in [6, 6.07) is 18.6. The molecule has 2 saturated heterocycles. The zero-order chi connectivity index (χ0) is 26.6. The molecule has 2 aliphatic heterocycles. The van der Waals surface area contributed by atoms with Crippen LogP contribution in [0.25, 0.3) is 0 Å². The Balaban J connectivity index is 1.53. The molecule has 9 heteroatoms. The lowest BCUT2D eigenvalue weighted by Gasteiger charge is -2.45. The highest BCUT2D eigenvalue weighted by Crippen LogP contribution is 2.33. The molecule has 0 aromatic heterocycles. The molecule has 9 nitrogen and oxygen atoms in total. The SMILES string of the molecule is CN1CN2CCN(C(=O)[C@@H](COCc3ccccc3)NC(=O)C(C)(C)N)C[C@@]2(Cc2ccccc2)C1=O. The number of carbonyl (C=O) groups is 3. The summed E-state index contributed by atoms with van der Waals surface area (Å²) in [5.74, 6) is -0.721. The number of nitrogens with one attached hydrogen (secondary N) is 1. The summed E-state index contributed by atoms with van der Waals surface area (Å²) in [5, 5.41) is 2.79. The standard InChI is InChI=1S/C28H37N5O4/c1-27(2,29)25(35)30-23(18-37-17-22-12-8-5-9-13-22)24(34)32-14-15-33-20-31(3)26(36)28(33,19-32)16-21-10-6-4-7-11-21/h4-13,23H,14-20,29H2,1-3H3,(H,30,35)/t23-,28+/m1/s1. The average Bonchev–Trinajstić information content (AvgIpc) is 3.12. The Morgan fingerprint density at radius 2 is 1.68 bits per heavy atom. The topological polar surface area (TPSA) is 108 Å². The van der Waals surface area contributed by atoms with Gasteiger partial charge in [-0.1, -0.05) is 60.7 Å². The molecule has 2 aliphatic rings. The van der Waals surface area contributed by atoms with E-state index in [4.69, 9.17) is 10.5 Å². The number of likely N-dealkylation sites (N-methyl/N-ethyl adjacent to an activating group) is 1. The van der Waals surface area contributed by atoms with Crippen LogP contribution in [0, 0.1) is 0 Å². The molecule has 2 atom stereocenters. The highest BCUT2D eigenvalue weighted by atomic mass is 16.5. The van der Waals surface area contributed by atoms with E-state index in [-0.39, 0.29) is 25.0 Å². The number of benzene rings is 2. The molecule has 0 unspecified atom stereocenters. The Bertz CT molecular complexity index is 1100. The fraction of sp³-hybridized carbons (Fsp3) is 0.464. The third kappa shape index (κ3) is 6.01. The van der Waals surface area contributed by atoms with Crippen LogP contribution in [-0.4, -0.2) is 89.5 Å². The molecular weight excluding hydrogens is 470 g/mol. The summed E-state index contributed by atoms with van der Waals surface area (Å²) in [4.78, 5) is 45.6. The van der Waals surface area contributed by atoms with E-state index in [0.717, 1.165) is 11.1 Å². The van der Waals surface area contributed by atoms with E-state index in [1.807, 2.05) is 60.7 Å². The monoisotopic (exact) mass is 507 g/mol. The van der Waals surface area contributed by atoms with Gasteiger partial charge in [0.05, 0.1) is 25.4 Å². The Labute approximate surface area is 218 Å². The molecule has 0 aliphatic carbocycles. The van der Waals surface area contributed by atoms with Crippen molar-refractivity contribution in [1.29, 1.82) is 0 Å². The summed E-state index contributed by atoms with van der Waals surface area (Å²) in [6.45, 7) is 5.26. The van der Waals surface area contributed by atoms with Crippen LogP contribution in [0.2, 0.25) is 0 Å². The maximum Gasteiger partial charge on any atom is 0.247 e. The third-order valence-electron chi connectivity index (χ3n) is 7.06. The lowest BCUT2D eigenvalue weighted by Crippen LogP contribution is -2.67. The first-order chi connectivity index (χ1) is 17.6. The number of piperazine rings is 1. The van der Waals surface area contributed by atoms with Crippen molar-refractivity contribution in [3.63, 3.8) is 0 Å².